The maximum Gasteiger partial charge on any atom is 0.227 e. The van der Waals surface area contributed by atoms with Crippen molar-refractivity contribution in [1.82, 2.24) is 15.5 Å². The van der Waals surface area contributed by atoms with Crippen LogP contribution in [0.1, 0.15) is 24.5 Å². The molecule has 1 atom stereocenters. The Morgan fingerprint density at radius 3 is 2.68 bits per heavy atom. The molecule has 1 fully saturated rings. The van der Waals surface area contributed by atoms with Gasteiger partial charge in [-0.1, -0.05) is 11.6 Å². The summed E-state index contributed by atoms with van der Waals surface area (Å²) in [7, 11) is 1.67. The van der Waals surface area contributed by atoms with E-state index >= 15 is 0 Å². The molecule has 0 bridgehead atoms. The van der Waals surface area contributed by atoms with Crippen LogP contribution < -0.4 is 10.2 Å². The van der Waals surface area contributed by atoms with E-state index in [0.29, 0.717) is 11.7 Å². The molecule has 2 heterocycles. The lowest BCUT2D eigenvalue weighted by Gasteiger charge is -2.24. The maximum atomic E-state index is 11.9. The van der Waals surface area contributed by atoms with Crippen LogP contribution in [0.4, 0.5) is 5.82 Å². The molecule has 1 aliphatic rings. The van der Waals surface area contributed by atoms with E-state index in [1.807, 2.05) is 20.8 Å². The van der Waals surface area contributed by atoms with Crippen molar-refractivity contribution in [1.29, 1.82) is 0 Å². The minimum absolute atomic E-state index is 0.0753. The quantitative estimate of drug-likeness (QED) is 0.897. The predicted molar refractivity (Wildman–Crippen MR) is 75.5 cm³/mol. The first-order chi connectivity index (χ1) is 8.89. The SMILES string of the molecule is CNC(=O)C1(C)CCN(c2nnc(Cl)c(C)c2C)C1. The number of nitrogens with zero attached hydrogens (tertiary/aromatic N) is 3. The Balaban J connectivity index is 2.27. The summed E-state index contributed by atoms with van der Waals surface area (Å²) in [5, 5.41) is 11.3. The zero-order valence-corrected chi connectivity index (χ0v) is 12.5. The van der Waals surface area contributed by atoms with Gasteiger partial charge in [-0.2, -0.15) is 0 Å². The van der Waals surface area contributed by atoms with E-state index in [1.165, 1.54) is 0 Å². The number of halogens is 1. The van der Waals surface area contributed by atoms with Crippen LogP contribution in [-0.2, 0) is 4.79 Å². The molecule has 5 nitrogen and oxygen atoms in total. The number of hydrogen-bond acceptors (Lipinski definition) is 4. The Morgan fingerprint density at radius 2 is 2.05 bits per heavy atom. The molecule has 19 heavy (non-hydrogen) atoms. The van der Waals surface area contributed by atoms with Crippen molar-refractivity contribution in [3.8, 4) is 0 Å². The van der Waals surface area contributed by atoms with Gasteiger partial charge in [-0.25, -0.2) is 0 Å². The number of carbonyl (C=O) groups is 1. The van der Waals surface area contributed by atoms with Gasteiger partial charge in [0.05, 0.1) is 5.41 Å². The number of amides is 1. The van der Waals surface area contributed by atoms with Gasteiger partial charge in [0.25, 0.3) is 0 Å². The van der Waals surface area contributed by atoms with Crippen LogP contribution in [0.5, 0.6) is 0 Å². The molecule has 1 aromatic rings. The van der Waals surface area contributed by atoms with E-state index < -0.39 is 0 Å². The molecule has 0 radical (unpaired) electrons. The molecule has 1 amide bonds. The summed E-state index contributed by atoms with van der Waals surface area (Å²) in [5.41, 5.74) is 1.61. The Labute approximate surface area is 118 Å². The largest absolute Gasteiger partial charge is 0.359 e. The fourth-order valence-electron chi connectivity index (χ4n) is 2.49. The molecule has 1 aliphatic heterocycles. The van der Waals surface area contributed by atoms with Crippen LogP contribution in [0.3, 0.4) is 0 Å². The van der Waals surface area contributed by atoms with Gasteiger partial charge in [-0.15, -0.1) is 10.2 Å². The highest BCUT2D eigenvalue weighted by Crippen LogP contribution is 2.34. The summed E-state index contributed by atoms with van der Waals surface area (Å²) >= 11 is 5.97. The number of rotatable bonds is 2. The van der Waals surface area contributed by atoms with Crippen LogP contribution in [0.15, 0.2) is 0 Å². The van der Waals surface area contributed by atoms with E-state index in [1.54, 1.807) is 7.05 Å². The van der Waals surface area contributed by atoms with Gasteiger partial charge in [0.1, 0.15) is 0 Å². The van der Waals surface area contributed by atoms with Crippen molar-refractivity contribution < 1.29 is 4.79 Å². The minimum Gasteiger partial charge on any atom is -0.359 e. The zero-order valence-electron chi connectivity index (χ0n) is 11.7. The maximum absolute atomic E-state index is 11.9. The van der Waals surface area contributed by atoms with Gasteiger partial charge in [-0.05, 0) is 38.3 Å². The Morgan fingerprint density at radius 1 is 1.37 bits per heavy atom. The van der Waals surface area contributed by atoms with Gasteiger partial charge in [-0.3, -0.25) is 4.79 Å². The summed E-state index contributed by atoms with van der Waals surface area (Å²) in [4.78, 5) is 14.0. The van der Waals surface area contributed by atoms with Crippen LogP contribution in [0.25, 0.3) is 0 Å². The third-order valence-corrected chi connectivity index (χ3v) is 4.35. The minimum atomic E-state index is -0.365. The number of carbonyl (C=O) groups excluding carboxylic acids is 1. The summed E-state index contributed by atoms with van der Waals surface area (Å²) in [6.07, 6.45) is 0.815. The number of aromatic nitrogens is 2. The standard InChI is InChI=1S/C13H19ClN4O/c1-8-9(2)11(17-16-10(8)14)18-6-5-13(3,7-18)12(19)15-4/h5-7H2,1-4H3,(H,15,19). The summed E-state index contributed by atoms with van der Waals surface area (Å²) < 4.78 is 0. The molecule has 1 aromatic heterocycles. The van der Waals surface area contributed by atoms with Gasteiger partial charge >= 0.3 is 0 Å². The topological polar surface area (TPSA) is 58.1 Å². The first-order valence-corrected chi connectivity index (χ1v) is 6.73. The van der Waals surface area contributed by atoms with Gasteiger partial charge in [0.2, 0.25) is 5.91 Å². The van der Waals surface area contributed by atoms with E-state index in [-0.39, 0.29) is 11.3 Å². The Kier molecular flexibility index (Phi) is 3.67. The summed E-state index contributed by atoms with van der Waals surface area (Å²) in [6.45, 7) is 7.37. The lowest BCUT2D eigenvalue weighted by molar-refractivity contribution is -0.128. The van der Waals surface area contributed by atoms with Crippen molar-refractivity contribution in [3.63, 3.8) is 0 Å². The molecule has 2 rings (SSSR count). The van der Waals surface area contributed by atoms with Crippen molar-refractivity contribution in [3.05, 3.63) is 16.3 Å². The Hall–Kier alpha value is -1.36. The predicted octanol–water partition coefficient (Wildman–Crippen LogP) is 1.71. The highest BCUT2D eigenvalue weighted by atomic mass is 35.5. The molecule has 0 aromatic carbocycles. The molecule has 0 aliphatic carbocycles. The van der Waals surface area contributed by atoms with Gasteiger partial charge < -0.3 is 10.2 Å². The second kappa shape index (κ2) is 4.96. The van der Waals surface area contributed by atoms with Crippen LogP contribution >= 0.6 is 11.6 Å². The fraction of sp³-hybridized carbons (Fsp3) is 0.615. The number of hydrogen-bond donors (Lipinski definition) is 1. The number of nitrogens with one attached hydrogen (secondary N) is 1. The summed E-state index contributed by atoms with van der Waals surface area (Å²) in [5.74, 6) is 0.904. The second-order valence-corrected chi connectivity index (χ2v) is 5.73. The van der Waals surface area contributed by atoms with Crippen LogP contribution in [0, 0.1) is 19.3 Å². The van der Waals surface area contributed by atoms with Crippen molar-refractivity contribution >= 4 is 23.3 Å². The van der Waals surface area contributed by atoms with E-state index in [4.69, 9.17) is 11.6 Å². The average molecular weight is 283 g/mol. The fourth-order valence-corrected chi connectivity index (χ4v) is 2.67. The molecule has 6 heteroatoms. The van der Waals surface area contributed by atoms with E-state index in [0.717, 1.165) is 29.9 Å². The monoisotopic (exact) mass is 282 g/mol. The molecule has 0 saturated carbocycles. The van der Waals surface area contributed by atoms with Crippen molar-refractivity contribution in [2.24, 2.45) is 5.41 Å². The Bertz CT molecular complexity index is 520. The first-order valence-electron chi connectivity index (χ1n) is 6.35. The zero-order chi connectivity index (χ0) is 14.2. The van der Waals surface area contributed by atoms with Crippen LogP contribution in [-0.4, -0.2) is 36.2 Å². The average Bonchev–Trinajstić information content (AvgIpc) is 2.79. The summed E-state index contributed by atoms with van der Waals surface area (Å²) in [6, 6.07) is 0. The second-order valence-electron chi connectivity index (χ2n) is 5.38. The lowest BCUT2D eigenvalue weighted by atomic mass is 9.89. The molecule has 1 saturated heterocycles. The molecular weight excluding hydrogens is 264 g/mol. The normalized spacial score (nSPS) is 22.7. The van der Waals surface area contributed by atoms with Crippen LogP contribution in [0.2, 0.25) is 5.15 Å². The molecule has 1 N–H and O–H groups in total. The molecule has 104 valence electrons. The van der Waals surface area contributed by atoms with E-state index in [2.05, 4.69) is 20.4 Å². The van der Waals surface area contributed by atoms with E-state index in [9.17, 15) is 4.79 Å². The molecular formula is C13H19ClN4O. The van der Waals surface area contributed by atoms with Crippen molar-refractivity contribution in [2.75, 3.05) is 25.0 Å². The first kappa shape index (κ1) is 14.1. The third-order valence-electron chi connectivity index (χ3n) is 3.99. The molecule has 0 spiro atoms. The lowest BCUT2D eigenvalue weighted by Crippen LogP contribution is -2.39. The highest BCUT2D eigenvalue weighted by molar-refractivity contribution is 6.30. The van der Waals surface area contributed by atoms with Crippen molar-refractivity contribution in [2.45, 2.75) is 27.2 Å². The highest BCUT2D eigenvalue weighted by Gasteiger charge is 2.40. The van der Waals surface area contributed by atoms with Gasteiger partial charge in [0, 0.05) is 20.1 Å². The number of anilines is 1. The van der Waals surface area contributed by atoms with Gasteiger partial charge in [0.15, 0.2) is 11.0 Å². The smallest absolute Gasteiger partial charge is 0.227 e. The molecule has 1 unspecified atom stereocenters. The third kappa shape index (κ3) is 2.39.